The molecule has 1 aromatic carbocycles. The van der Waals surface area contributed by atoms with Crippen LogP contribution in [0.5, 0.6) is 0 Å². The first-order chi connectivity index (χ1) is 8.00. The lowest BCUT2D eigenvalue weighted by Crippen LogP contribution is -2.44. The third-order valence-corrected chi connectivity index (χ3v) is 3.39. The van der Waals surface area contributed by atoms with Gasteiger partial charge in [0.05, 0.1) is 0 Å². The van der Waals surface area contributed by atoms with Crippen LogP contribution >= 0.6 is 0 Å². The Morgan fingerprint density at radius 3 is 2.41 bits per heavy atom. The van der Waals surface area contributed by atoms with Crippen molar-refractivity contribution in [3.63, 3.8) is 0 Å². The molecule has 1 saturated heterocycles. The molecule has 2 rings (SSSR count). The number of rotatable bonds is 1. The monoisotopic (exact) mass is 235 g/mol. The molecule has 4 heteroatoms. The van der Waals surface area contributed by atoms with Gasteiger partial charge in [-0.15, -0.1) is 0 Å². The minimum atomic E-state index is -0.313. The third-order valence-electron chi connectivity index (χ3n) is 3.39. The van der Waals surface area contributed by atoms with Crippen molar-refractivity contribution in [2.24, 2.45) is 5.92 Å². The highest BCUT2D eigenvalue weighted by Crippen LogP contribution is 2.33. The van der Waals surface area contributed by atoms with Gasteiger partial charge in [-0.25, -0.2) is 4.39 Å². The van der Waals surface area contributed by atoms with Gasteiger partial charge in [0.2, 0.25) is 11.8 Å². The normalized spacial score (nSPS) is 25.2. The molecule has 0 radical (unpaired) electrons. The average Bonchev–Trinajstić information content (AvgIpc) is 2.32. The van der Waals surface area contributed by atoms with E-state index >= 15 is 0 Å². The summed E-state index contributed by atoms with van der Waals surface area (Å²) < 4.78 is 12.8. The van der Waals surface area contributed by atoms with Crippen molar-refractivity contribution in [3.05, 3.63) is 35.6 Å². The van der Waals surface area contributed by atoms with E-state index in [2.05, 4.69) is 0 Å². The first-order valence-electron chi connectivity index (χ1n) is 5.56. The Kier molecular flexibility index (Phi) is 2.96. The molecule has 90 valence electrons. The standard InChI is InChI=1S/C13H14FNO2/c1-8-11(7-12(16)15(2)13(8)17)9-3-5-10(14)6-4-9/h3-6,8,11H,7H2,1-2H3/t8-,11+/m0/s1. The molecule has 0 saturated carbocycles. The van der Waals surface area contributed by atoms with E-state index in [4.69, 9.17) is 0 Å². The van der Waals surface area contributed by atoms with Gasteiger partial charge in [-0.2, -0.15) is 0 Å². The number of imide groups is 1. The number of nitrogens with zero attached hydrogens (tertiary/aromatic N) is 1. The lowest BCUT2D eigenvalue weighted by atomic mass is 9.81. The number of likely N-dealkylation sites (tertiary alicyclic amines) is 1. The summed E-state index contributed by atoms with van der Waals surface area (Å²) in [5, 5.41) is 0. The highest BCUT2D eigenvalue weighted by molar-refractivity contribution is 5.99. The lowest BCUT2D eigenvalue weighted by Gasteiger charge is -2.32. The van der Waals surface area contributed by atoms with Crippen molar-refractivity contribution >= 4 is 11.8 Å². The highest BCUT2D eigenvalue weighted by atomic mass is 19.1. The largest absolute Gasteiger partial charge is 0.286 e. The van der Waals surface area contributed by atoms with E-state index < -0.39 is 0 Å². The fourth-order valence-electron chi connectivity index (χ4n) is 2.22. The predicted molar refractivity (Wildman–Crippen MR) is 60.7 cm³/mol. The van der Waals surface area contributed by atoms with E-state index in [0.717, 1.165) is 5.56 Å². The topological polar surface area (TPSA) is 37.4 Å². The fourth-order valence-corrected chi connectivity index (χ4v) is 2.22. The van der Waals surface area contributed by atoms with Gasteiger partial charge in [-0.05, 0) is 17.7 Å². The summed E-state index contributed by atoms with van der Waals surface area (Å²) in [6.45, 7) is 1.80. The summed E-state index contributed by atoms with van der Waals surface area (Å²) in [5.74, 6) is -1.06. The minimum absolute atomic E-state index is 0.146. The molecule has 2 atom stereocenters. The van der Waals surface area contributed by atoms with Crippen molar-refractivity contribution < 1.29 is 14.0 Å². The van der Waals surface area contributed by atoms with E-state index in [9.17, 15) is 14.0 Å². The number of amides is 2. The summed E-state index contributed by atoms with van der Waals surface area (Å²) in [6, 6.07) is 6.00. The summed E-state index contributed by atoms with van der Waals surface area (Å²) >= 11 is 0. The van der Waals surface area contributed by atoms with E-state index in [1.807, 2.05) is 0 Å². The maximum Gasteiger partial charge on any atom is 0.232 e. The number of carbonyl (C=O) groups excluding carboxylic acids is 2. The predicted octanol–water partition coefficient (Wildman–Crippen LogP) is 1.93. The number of halogens is 1. The van der Waals surface area contributed by atoms with Crippen molar-refractivity contribution in [2.45, 2.75) is 19.3 Å². The number of hydrogen-bond donors (Lipinski definition) is 0. The van der Waals surface area contributed by atoms with Crippen LogP contribution in [0, 0.1) is 11.7 Å². The Morgan fingerprint density at radius 2 is 1.82 bits per heavy atom. The smallest absolute Gasteiger partial charge is 0.232 e. The molecule has 1 fully saturated rings. The summed E-state index contributed by atoms with van der Waals surface area (Å²) in [4.78, 5) is 24.6. The van der Waals surface area contributed by atoms with Gasteiger partial charge in [-0.3, -0.25) is 14.5 Å². The highest BCUT2D eigenvalue weighted by Gasteiger charge is 2.37. The molecular formula is C13H14FNO2. The second-order valence-corrected chi connectivity index (χ2v) is 4.44. The Hall–Kier alpha value is -1.71. The molecule has 3 nitrogen and oxygen atoms in total. The lowest BCUT2D eigenvalue weighted by molar-refractivity contribution is -0.150. The fraction of sp³-hybridized carbons (Fsp3) is 0.385. The van der Waals surface area contributed by atoms with Gasteiger partial charge in [0.25, 0.3) is 0 Å². The molecule has 1 aliphatic heterocycles. The first-order valence-corrected chi connectivity index (χ1v) is 5.56. The second kappa shape index (κ2) is 4.28. The Balaban J connectivity index is 2.30. The van der Waals surface area contributed by atoms with Gasteiger partial charge < -0.3 is 0 Å². The molecule has 1 aliphatic rings. The van der Waals surface area contributed by atoms with Gasteiger partial charge in [0.15, 0.2) is 0 Å². The van der Waals surface area contributed by atoms with Gasteiger partial charge in [0, 0.05) is 25.3 Å². The van der Waals surface area contributed by atoms with Crippen LogP contribution in [0.3, 0.4) is 0 Å². The van der Waals surface area contributed by atoms with Gasteiger partial charge in [0.1, 0.15) is 5.82 Å². The van der Waals surface area contributed by atoms with Crippen molar-refractivity contribution in [2.75, 3.05) is 7.05 Å². The zero-order valence-electron chi connectivity index (χ0n) is 9.81. The molecule has 0 N–H and O–H groups in total. The zero-order valence-corrected chi connectivity index (χ0v) is 9.81. The number of benzene rings is 1. The number of piperidine rings is 1. The average molecular weight is 235 g/mol. The summed E-state index contributed by atoms with van der Waals surface area (Å²) in [6.07, 6.45) is 0.301. The van der Waals surface area contributed by atoms with Crippen LogP contribution in [-0.2, 0) is 9.59 Å². The van der Waals surface area contributed by atoms with E-state index in [-0.39, 0.29) is 29.5 Å². The van der Waals surface area contributed by atoms with Crippen LogP contribution < -0.4 is 0 Å². The zero-order chi connectivity index (χ0) is 12.6. The third kappa shape index (κ3) is 2.07. The Morgan fingerprint density at radius 1 is 1.24 bits per heavy atom. The second-order valence-electron chi connectivity index (χ2n) is 4.44. The Labute approximate surface area is 99.2 Å². The van der Waals surface area contributed by atoms with Gasteiger partial charge >= 0.3 is 0 Å². The molecule has 0 spiro atoms. The van der Waals surface area contributed by atoms with Crippen LogP contribution in [-0.4, -0.2) is 23.8 Å². The SMILES string of the molecule is C[C@@H]1C(=O)N(C)C(=O)C[C@H]1c1ccc(F)cc1. The Bertz CT molecular complexity index is 455. The summed E-state index contributed by atoms with van der Waals surface area (Å²) in [7, 11) is 1.50. The van der Waals surface area contributed by atoms with Gasteiger partial charge in [-0.1, -0.05) is 19.1 Å². The molecule has 17 heavy (non-hydrogen) atoms. The number of hydrogen-bond acceptors (Lipinski definition) is 2. The molecule has 0 unspecified atom stereocenters. The molecular weight excluding hydrogens is 221 g/mol. The van der Waals surface area contributed by atoms with Crippen molar-refractivity contribution in [1.82, 2.24) is 4.90 Å². The van der Waals surface area contributed by atoms with Crippen molar-refractivity contribution in [3.8, 4) is 0 Å². The maximum atomic E-state index is 12.8. The minimum Gasteiger partial charge on any atom is -0.286 e. The quantitative estimate of drug-likeness (QED) is 0.697. The van der Waals surface area contributed by atoms with Crippen LogP contribution in [0.15, 0.2) is 24.3 Å². The molecule has 0 bridgehead atoms. The molecule has 1 aromatic rings. The van der Waals surface area contributed by atoms with Crippen molar-refractivity contribution in [1.29, 1.82) is 0 Å². The molecule has 1 heterocycles. The van der Waals surface area contributed by atoms with Crippen LogP contribution in [0.1, 0.15) is 24.8 Å². The number of carbonyl (C=O) groups is 2. The van der Waals surface area contributed by atoms with Crippen LogP contribution in [0.25, 0.3) is 0 Å². The first kappa shape index (κ1) is 11.8. The van der Waals surface area contributed by atoms with Crippen LogP contribution in [0.2, 0.25) is 0 Å². The molecule has 0 aliphatic carbocycles. The summed E-state index contributed by atoms with van der Waals surface area (Å²) in [5.41, 5.74) is 0.841. The van der Waals surface area contributed by atoms with E-state index in [0.29, 0.717) is 6.42 Å². The van der Waals surface area contributed by atoms with E-state index in [1.165, 1.54) is 24.1 Å². The molecule has 2 amide bonds. The van der Waals surface area contributed by atoms with Crippen LogP contribution in [0.4, 0.5) is 4.39 Å². The molecule has 0 aromatic heterocycles. The maximum absolute atomic E-state index is 12.8. The van der Waals surface area contributed by atoms with E-state index in [1.54, 1.807) is 19.1 Å².